The van der Waals surface area contributed by atoms with Crippen LogP contribution >= 0.6 is 0 Å². The number of carbonyl (C=O) groups is 1. The van der Waals surface area contributed by atoms with E-state index in [0.29, 0.717) is 26.3 Å². The maximum Gasteiger partial charge on any atom is 0.314 e. The number of rotatable bonds is 10. The third kappa shape index (κ3) is 7.48. The van der Waals surface area contributed by atoms with Crippen molar-refractivity contribution in [1.82, 2.24) is 10.6 Å². The van der Waals surface area contributed by atoms with Gasteiger partial charge >= 0.3 is 6.03 Å². The van der Waals surface area contributed by atoms with Crippen LogP contribution in [0.3, 0.4) is 0 Å². The van der Waals surface area contributed by atoms with Crippen LogP contribution in [0, 0.1) is 0 Å². The lowest BCUT2D eigenvalue weighted by Gasteiger charge is -2.10. The lowest BCUT2D eigenvalue weighted by Crippen LogP contribution is -2.38. The maximum atomic E-state index is 11.6. The van der Waals surface area contributed by atoms with E-state index in [-0.39, 0.29) is 6.03 Å². The number of methoxy groups -OCH3 is 1. The van der Waals surface area contributed by atoms with E-state index in [1.165, 1.54) is 0 Å². The molecule has 2 rings (SSSR count). The summed E-state index contributed by atoms with van der Waals surface area (Å²) in [6, 6.07) is 16.7. The Morgan fingerprint density at radius 1 is 0.800 bits per heavy atom. The van der Waals surface area contributed by atoms with Gasteiger partial charge < -0.3 is 24.8 Å². The zero-order valence-electron chi connectivity index (χ0n) is 14.4. The van der Waals surface area contributed by atoms with Crippen LogP contribution in [0.5, 0.6) is 17.2 Å². The number of para-hydroxylation sites is 1. The van der Waals surface area contributed by atoms with E-state index in [2.05, 4.69) is 10.6 Å². The van der Waals surface area contributed by atoms with E-state index in [1.807, 2.05) is 54.6 Å². The summed E-state index contributed by atoms with van der Waals surface area (Å²) >= 11 is 0. The molecule has 0 fully saturated rings. The van der Waals surface area contributed by atoms with E-state index in [1.54, 1.807) is 7.11 Å². The van der Waals surface area contributed by atoms with E-state index in [4.69, 9.17) is 14.2 Å². The predicted octanol–water partition coefficient (Wildman–Crippen LogP) is 2.84. The van der Waals surface area contributed by atoms with Crippen molar-refractivity contribution in [3.63, 3.8) is 0 Å². The van der Waals surface area contributed by atoms with Crippen LogP contribution in [0.25, 0.3) is 0 Å². The highest BCUT2D eigenvalue weighted by Crippen LogP contribution is 2.16. The van der Waals surface area contributed by atoms with Crippen LogP contribution < -0.4 is 24.8 Å². The molecule has 0 aliphatic rings. The minimum absolute atomic E-state index is 0.210. The smallest absolute Gasteiger partial charge is 0.314 e. The molecule has 2 N–H and O–H groups in total. The summed E-state index contributed by atoms with van der Waals surface area (Å²) in [6.45, 7) is 1.94. The Morgan fingerprint density at radius 3 is 2.12 bits per heavy atom. The van der Waals surface area contributed by atoms with Gasteiger partial charge in [0.25, 0.3) is 0 Å². The molecule has 0 atom stereocenters. The molecular formula is C19H24N2O4. The van der Waals surface area contributed by atoms with Crippen LogP contribution in [0.15, 0.2) is 54.6 Å². The van der Waals surface area contributed by atoms with Crippen LogP contribution in [-0.2, 0) is 0 Å². The first kappa shape index (κ1) is 18.4. The minimum atomic E-state index is -0.210. The average Bonchev–Trinajstić information content (AvgIpc) is 2.66. The highest BCUT2D eigenvalue weighted by molar-refractivity contribution is 5.73. The number of nitrogens with one attached hydrogen (secondary N) is 2. The first-order valence-corrected chi connectivity index (χ1v) is 8.24. The second kappa shape index (κ2) is 10.8. The summed E-state index contributed by atoms with van der Waals surface area (Å²) in [5, 5.41) is 5.52. The molecule has 2 amide bonds. The first-order valence-electron chi connectivity index (χ1n) is 8.24. The maximum absolute atomic E-state index is 11.6. The fourth-order valence-corrected chi connectivity index (χ4v) is 2.05. The van der Waals surface area contributed by atoms with Gasteiger partial charge in [0.15, 0.2) is 0 Å². The van der Waals surface area contributed by atoms with Crippen molar-refractivity contribution in [2.24, 2.45) is 0 Å². The van der Waals surface area contributed by atoms with Gasteiger partial charge in [0.1, 0.15) is 23.9 Å². The monoisotopic (exact) mass is 344 g/mol. The summed E-state index contributed by atoms with van der Waals surface area (Å²) in [5.74, 6) is 2.35. The van der Waals surface area contributed by atoms with Crippen LogP contribution in [0.1, 0.15) is 6.42 Å². The van der Waals surface area contributed by atoms with Crippen LogP contribution in [0.4, 0.5) is 4.79 Å². The Hall–Kier alpha value is -2.89. The van der Waals surface area contributed by atoms with Crippen molar-refractivity contribution >= 4 is 6.03 Å². The van der Waals surface area contributed by atoms with Crippen molar-refractivity contribution in [3.8, 4) is 17.2 Å². The molecule has 0 aliphatic carbocycles. The molecule has 0 bridgehead atoms. The fourth-order valence-electron chi connectivity index (χ4n) is 2.05. The molecule has 0 aromatic heterocycles. The highest BCUT2D eigenvalue weighted by Gasteiger charge is 2.00. The molecule has 6 nitrogen and oxygen atoms in total. The highest BCUT2D eigenvalue weighted by atomic mass is 16.5. The van der Waals surface area contributed by atoms with Gasteiger partial charge in [0.05, 0.1) is 20.3 Å². The third-order valence-corrected chi connectivity index (χ3v) is 3.33. The van der Waals surface area contributed by atoms with E-state index < -0.39 is 0 Å². The second-order valence-corrected chi connectivity index (χ2v) is 5.22. The van der Waals surface area contributed by atoms with Crippen molar-refractivity contribution in [2.45, 2.75) is 6.42 Å². The predicted molar refractivity (Wildman–Crippen MR) is 96.4 cm³/mol. The molecule has 0 heterocycles. The molecule has 0 saturated heterocycles. The largest absolute Gasteiger partial charge is 0.497 e. The number of hydrogen-bond donors (Lipinski definition) is 2. The van der Waals surface area contributed by atoms with Gasteiger partial charge in [-0.3, -0.25) is 0 Å². The van der Waals surface area contributed by atoms with Gasteiger partial charge in [-0.25, -0.2) is 4.79 Å². The molecule has 25 heavy (non-hydrogen) atoms. The van der Waals surface area contributed by atoms with E-state index >= 15 is 0 Å². The molecule has 6 heteroatoms. The fraction of sp³-hybridized carbons (Fsp3) is 0.316. The second-order valence-electron chi connectivity index (χ2n) is 5.22. The first-order chi connectivity index (χ1) is 12.3. The molecular weight excluding hydrogens is 320 g/mol. The summed E-state index contributed by atoms with van der Waals surface area (Å²) in [6.07, 6.45) is 0.741. The third-order valence-electron chi connectivity index (χ3n) is 3.33. The van der Waals surface area contributed by atoms with Crippen LogP contribution in [0.2, 0.25) is 0 Å². The molecule has 2 aromatic rings. The van der Waals surface area contributed by atoms with Gasteiger partial charge in [-0.2, -0.15) is 0 Å². The lowest BCUT2D eigenvalue weighted by molar-refractivity contribution is 0.235. The Balaban J connectivity index is 1.48. The molecule has 0 radical (unpaired) electrons. The summed E-state index contributed by atoms with van der Waals surface area (Å²) < 4.78 is 16.2. The average molecular weight is 344 g/mol. The zero-order chi connectivity index (χ0) is 17.7. The molecule has 0 unspecified atom stereocenters. The number of carbonyl (C=O) groups excluding carboxylic acids is 1. The number of hydrogen-bond acceptors (Lipinski definition) is 4. The Morgan fingerprint density at radius 2 is 1.40 bits per heavy atom. The number of urea groups is 1. The molecule has 0 saturated carbocycles. The zero-order valence-corrected chi connectivity index (χ0v) is 14.4. The number of ether oxygens (including phenoxy) is 3. The topological polar surface area (TPSA) is 68.8 Å². The quantitative estimate of drug-likeness (QED) is 0.650. The van der Waals surface area contributed by atoms with Crippen molar-refractivity contribution < 1.29 is 19.0 Å². The summed E-state index contributed by atoms with van der Waals surface area (Å²) in [4.78, 5) is 11.6. The minimum Gasteiger partial charge on any atom is -0.497 e. The Kier molecular flexibility index (Phi) is 7.97. The Labute approximate surface area is 148 Å². The van der Waals surface area contributed by atoms with Crippen LogP contribution in [-0.4, -0.2) is 39.4 Å². The summed E-state index contributed by atoms with van der Waals surface area (Å²) in [5.41, 5.74) is 0. The molecule has 2 aromatic carbocycles. The number of benzene rings is 2. The molecule has 134 valence electrons. The van der Waals surface area contributed by atoms with Crippen molar-refractivity contribution in [3.05, 3.63) is 54.6 Å². The number of amides is 2. The van der Waals surface area contributed by atoms with E-state index in [0.717, 1.165) is 23.7 Å². The molecule has 0 aliphatic heterocycles. The normalized spacial score (nSPS) is 9.96. The van der Waals surface area contributed by atoms with Gasteiger partial charge in [0, 0.05) is 6.54 Å². The lowest BCUT2D eigenvalue weighted by atomic mass is 10.3. The van der Waals surface area contributed by atoms with Gasteiger partial charge in [-0.1, -0.05) is 18.2 Å². The Bertz CT molecular complexity index is 617. The SMILES string of the molecule is COc1ccc(OCCNC(=O)NCCCOc2ccccc2)cc1. The van der Waals surface area contributed by atoms with Crippen molar-refractivity contribution in [2.75, 3.05) is 33.4 Å². The molecule has 0 spiro atoms. The summed E-state index contributed by atoms with van der Waals surface area (Å²) in [7, 11) is 1.62. The standard InChI is InChI=1S/C19H24N2O4/c1-23-16-8-10-18(11-9-16)25-15-13-21-19(22)20-12-5-14-24-17-6-3-2-4-7-17/h2-4,6-11H,5,12-15H2,1H3,(H2,20,21,22). The van der Waals surface area contributed by atoms with Gasteiger partial charge in [-0.05, 0) is 42.8 Å². The van der Waals surface area contributed by atoms with Gasteiger partial charge in [0.2, 0.25) is 0 Å². The van der Waals surface area contributed by atoms with E-state index in [9.17, 15) is 4.79 Å². The van der Waals surface area contributed by atoms with Gasteiger partial charge in [-0.15, -0.1) is 0 Å². The van der Waals surface area contributed by atoms with Crippen molar-refractivity contribution in [1.29, 1.82) is 0 Å².